The van der Waals surface area contributed by atoms with Crippen molar-refractivity contribution in [2.45, 2.75) is 13.8 Å². The molecule has 4 aromatic heterocycles. The largest absolute Gasteiger partial charge is 0.309 e. The van der Waals surface area contributed by atoms with Crippen molar-refractivity contribution in [3.8, 4) is 46.2 Å². The van der Waals surface area contributed by atoms with E-state index in [1.54, 1.807) is 0 Å². The van der Waals surface area contributed by atoms with Gasteiger partial charge in [0.15, 0.2) is 11.6 Å². The van der Waals surface area contributed by atoms with Crippen LogP contribution in [0.5, 0.6) is 0 Å². The lowest BCUT2D eigenvalue weighted by Gasteiger charge is -2.16. The van der Waals surface area contributed by atoms with E-state index in [2.05, 4.69) is 161 Å². The number of fused-ring (bicyclic) bond motifs is 10. The molecule has 7 nitrogen and oxygen atoms in total. The monoisotopic (exact) mass is 781 g/mol. The van der Waals surface area contributed by atoms with Crippen LogP contribution in [0.25, 0.3) is 106 Å². The molecule has 0 radical (unpaired) electrons. The lowest BCUT2D eigenvalue weighted by atomic mass is 10.1. The summed E-state index contributed by atoms with van der Waals surface area (Å²) in [6.07, 6.45) is 0. The van der Waals surface area contributed by atoms with Crippen molar-refractivity contribution >= 4 is 65.4 Å². The molecule has 0 aliphatic rings. The molecule has 0 bridgehead atoms. The van der Waals surface area contributed by atoms with Gasteiger partial charge in [0.05, 0.1) is 50.4 Å². The van der Waals surface area contributed by atoms with Crippen molar-refractivity contribution < 1.29 is 0 Å². The zero-order chi connectivity index (χ0) is 40.8. The molecule has 4 heterocycles. The molecule has 0 fully saturated rings. The van der Waals surface area contributed by atoms with E-state index in [0.29, 0.717) is 23.2 Å². The van der Waals surface area contributed by atoms with E-state index in [9.17, 15) is 5.26 Å². The number of nitriles is 1. The van der Waals surface area contributed by atoms with Crippen molar-refractivity contribution in [1.82, 2.24) is 28.7 Å². The second-order valence-corrected chi connectivity index (χ2v) is 15.8. The van der Waals surface area contributed by atoms with E-state index >= 15 is 0 Å². The van der Waals surface area contributed by atoms with E-state index in [1.165, 1.54) is 11.1 Å². The first kappa shape index (κ1) is 34.7. The summed E-state index contributed by atoms with van der Waals surface area (Å²) in [5.41, 5.74) is 12.8. The fourth-order valence-electron chi connectivity index (χ4n) is 9.36. The number of aryl methyl sites for hydroxylation is 2. The molecule has 0 amide bonds. The van der Waals surface area contributed by atoms with Crippen LogP contribution in [0.2, 0.25) is 0 Å². The Morgan fingerprint density at radius 2 is 1.03 bits per heavy atom. The minimum atomic E-state index is 0.468. The second-order valence-electron chi connectivity index (χ2n) is 15.8. The standard InChI is InChI=1S/C54H35N7/c1-33-21-25-46-41(29-33)42-30-34(2)22-26-47(42)61(46)54-57-52(36-13-5-3-6-14-36)56-53(58-54)43-31-35(32-55)23-27-48(43)60-44-19-11-9-17-38(44)39-24-28-49-50(51(39)60)40-18-10-12-20-45(40)59(49)37-15-7-4-8-16-37/h3-31H,1-2H3. The van der Waals surface area contributed by atoms with Crippen molar-refractivity contribution in [3.05, 3.63) is 193 Å². The molecular formula is C54H35N7. The highest BCUT2D eigenvalue weighted by molar-refractivity contribution is 6.26. The Morgan fingerprint density at radius 1 is 0.443 bits per heavy atom. The molecule has 0 aliphatic carbocycles. The normalized spacial score (nSPS) is 11.8. The second kappa shape index (κ2) is 13.3. The molecule has 0 saturated carbocycles. The average molecular weight is 782 g/mol. The van der Waals surface area contributed by atoms with Gasteiger partial charge in [-0.05, 0) is 86.6 Å². The molecule has 7 heteroatoms. The predicted molar refractivity (Wildman–Crippen MR) is 248 cm³/mol. The third-order valence-corrected chi connectivity index (χ3v) is 12.0. The van der Waals surface area contributed by atoms with Crippen LogP contribution >= 0.6 is 0 Å². The number of aromatic nitrogens is 6. The van der Waals surface area contributed by atoms with Crippen LogP contribution in [0.15, 0.2) is 176 Å². The number of benzene rings is 8. The lowest BCUT2D eigenvalue weighted by Crippen LogP contribution is -2.08. The van der Waals surface area contributed by atoms with Gasteiger partial charge in [-0.1, -0.05) is 114 Å². The van der Waals surface area contributed by atoms with Crippen LogP contribution in [0.1, 0.15) is 16.7 Å². The Bertz CT molecular complexity index is 3730. The van der Waals surface area contributed by atoms with Gasteiger partial charge in [-0.15, -0.1) is 0 Å². The van der Waals surface area contributed by atoms with E-state index in [4.69, 9.17) is 15.0 Å². The maximum absolute atomic E-state index is 10.4. The Kier molecular flexibility index (Phi) is 7.59. The summed E-state index contributed by atoms with van der Waals surface area (Å²) in [6, 6.07) is 63.6. The summed E-state index contributed by atoms with van der Waals surface area (Å²) < 4.78 is 6.85. The highest BCUT2D eigenvalue weighted by Crippen LogP contribution is 2.44. The molecule has 0 N–H and O–H groups in total. The maximum atomic E-state index is 10.4. The van der Waals surface area contributed by atoms with Crippen LogP contribution in [-0.4, -0.2) is 28.7 Å². The van der Waals surface area contributed by atoms with E-state index < -0.39 is 0 Å². The zero-order valence-electron chi connectivity index (χ0n) is 33.4. The highest BCUT2D eigenvalue weighted by Gasteiger charge is 2.25. The van der Waals surface area contributed by atoms with Crippen LogP contribution in [-0.2, 0) is 0 Å². The first-order valence-corrected chi connectivity index (χ1v) is 20.4. The van der Waals surface area contributed by atoms with Crippen molar-refractivity contribution in [1.29, 1.82) is 5.26 Å². The number of nitrogens with zero attached hydrogens (tertiary/aromatic N) is 7. The van der Waals surface area contributed by atoms with Crippen LogP contribution in [0, 0.1) is 25.2 Å². The Balaban J connectivity index is 1.21. The number of para-hydroxylation sites is 3. The first-order chi connectivity index (χ1) is 30.0. The average Bonchev–Trinajstić information content (AvgIpc) is 3.94. The summed E-state index contributed by atoms with van der Waals surface area (Å²) in [4.78, 5) is 15.9. The summed E-state index contributed by atoms with van der Waals surface area (Å²) in [5.74, 6) is 1.51. The topological polar surface area (TPSA) is 77.2 Å². The van der Waals surface area contributed by atoms with E-state index in [-0.39, 0.29) is 0 Å². The van der Waals surface area contributed by atoms with Crippen LogP contribution < -0.4 is 0 Å². The molecule has 12 rings (SSSR count). The van der Waals surface area contributed by atoms with Crippen molar-refractivity contribution in [2.75, 3.05) is 0 Å². The number of rotatable bonds is 5. The third-order valence-electron chi connectivity index (χ3n) is 12.0. The van der Waals surface area contributed by atoms with Gasteiger partial charge in [-0.2, -0.15) is 15.2 Å². The fourth-order valence-corrected chi connectivity index (χ4v) is 9.36. The Morgan fingerprint density at radius 3 is 1.74 bits per heavy atom. The van der Waals surface area contributed by atoms with Gasteiger partial charge in [-0.25, -0.2) is 4.98 Å². The minimum absolute atomic E-state index is 0.468. The Labute approximate surface area is 350 Å². The third kappa shape index (κ3) is 5.26. The molecule has 0 aliphatic heterocycles. The van der Waals surface area contributed by atoms with E-state index in [1.807, 2.05) is 48.5 Å². The molecule has 0 saturated heterocycles. The molecule has 12 aromatic rings. The van der Waals surface area contributed by atoms with Gasteiger partial charge in [-0.3, -0.25) is 4.57 Å². The Hall–Kier alpha value is -8.34. The molecule has 8 aromatic carbocycles. The summed E-state index contributed by atoms with van der Waals surface area (Å²) >= 11 is 0. The van der Waals surface area contributed by atoms with Gasteiger partial charge < -0.3 is 9.13 Å². The molecular weight excluding hydrogens is 747 g/mol. The first-order valence-electron chi connectivity index (χ1n) is 20.4. The van der Waals surface area contributed by atoms with Gasteiger partial charge in [0.2, 0.25) is 5.95 Å². The summed E-state index contributed by atoms with van der Waals surface area (Å²) in [6.45, 7) is 4.25. The summed E-state index contributed by atoms with van der Waals surface area (Å²) in [7, 11) is 0. The zero-order valence-corrected chi connectivity index (χ0v) is 33.4. The van der Waals surface area contributed by atoms with Crippen molar-refractivity contribution in [2.24, 2.45) is 0 Å². The molecule has 286 valence electrons. The summed E-state index contributed by atoms with van der Waals surface area (Å²) in [5, 5.41) is 17.3. The smallest absolute Gasteiger partial charge is 0.238 e. The molecule has 0 spiro atoms. The van der Waals surface area contributed by atoms with Crippen LogP contribution in [0.3, 0.4) is 0 Å². The van der Waals surface area contributed by atoms with Gasteiger partial charge in [0.25, 0.3) is 0 Å². The molecule has 0 unspecified atom stereocenters. The SMILES string of the molecule is Cc1ccc2c(c1)c1cc(C)ccc1n2-c1nc(-c2ccccc2)nc(-c2cc(C#N)ccc2-n2c3ccccc3c3ccc4c(c5ccccc5n4-c4ccccc4)c32)n1. The predicted octanol–water partition coefficient (Wildman–Crippen LogP) is 13.0. The van der Waals surface area contributed by atoms with Gasteiger partial charge in [0.1, 0.15) is 0 Å². The van der Waals surface area contributed by atoms with Gasteiger partial charge >= 0.3 is 0 Å². The highest BCUT2D eigenvalue weighted by atomic mass is 15.2. The minimum Gasteiger partial charge on any atom is -0.309 e. The molecule has 61 heavy (non-hydrogen) atoms. The fraction of sp³-hybridized carbons (Fsp3) is 0.0370. The van der Waals surface area contributed by atoms with Gasteiger partial charge in [0, 0.05) is 49.1 Å². The van der Waals surface area contributed by atoms with Crippen LogP contribution in [0.4, 0.5) is 0 Å². The number of hydrogen-bond acceptors (Lipinski definition) is 4. The number of hydrogen-bond donors (Lipinski definition) is 0. The molecule has 0 atom stereocenters. The lowest BCUT2D eigenvalue weighted by molar-refractivity contribution is 0.951. The quantitative estimate of drug-likeness (QED) is 0.174. The maximum Gasteiger partial charge on any atom is 0.238 e. The van der Waals surface area contributed by atoms with E-state index in [0.717, 1.165) is 87.9 Å². The van der Waals surface area contributed by atoms with Crippen molar-refractivity contribution in [3.63, 3.8) is 0 Å².